The van der Waals surface area contributed by atoms with Gasteiger partial charge < -0.3 is 5.53 Å². The van der Waals surface area contributed by atoms with Crippen molar-refractivity contribution in [1.82, 2.24) is 0 Å². The fourth-order valence-corrected chi connectivity index (χ4v) is 6.73. The largest absolute Gasteiger partial charge is 0.348 e. The minimum Gasteiger partial charge on any atom is -0.348 e. The summed E-state index contributed by atoms with van der Waals surface area (Å²) >= 11 is 0. The van der Waals surface area contributed by atoms with Crippen LogP contribution in [-0.4, -0.2) is 10.7 Å². The summed E-state index contributed by atoms with van der Waals surface area (Å²) < 4.78 is 0. The van der Waals surface area contributed by atoms with Gasteiger partial charge >= 0.3 is 5.87 Å². The Kier molecular flexibility index (Phi) is 24.0. The lowest BCUT2D eigenvalue weighted by atomic mass is 9.83. The van der Waals surface area contributed by atoms with Crippen LogP contribution in [0.15, 0.2) is 71.8 Å². The lowest BCUT2D eigenvalue weighted by Gasteiger charge is -2.20. The highest BCUT2D eigenvalue weighted by molar-refractivity contribution is 5.88. The van der Waals surface area contributed by atoms with Gasteiger partial charge in [0.25, 0.3) is 0 Å². The molecule has 0 fully saturated rings. The Bertz CT molecular complexity index is 1250. The number of rotatable bonds is 28. The number of allylic oxidation sites excluding steroid dienone is 4. The monoisotopic (exact) mass is 651 g/mol. The van der Waals surface area contributed by atoms with Crippen molar-refractivity contribution in [2.75, 3.05) is 0 Å². The van der Waals surface area contributed by atoms with E-state index in [1.165, 1.54) is 123 Å². The summed E-state index contributed by atoms with van der Waals surface area (Å²) in [5.74, 6) is 3.04. The van der Waals surface area contributed by atoms with E-state index in [4.69, 9.17) is 0 Å². The molecular formula is C46H70N2. The van der Waals surface area contributed by atoms with Gasteiger partial charge in [0.1, 0.15) is 0 Å². The molecule has 0 heterocycles. The first-order chi connectivity index (χ1) is 23.7. The zero-order valence-electron chi connectivity index (χ0n) is 31.6. The highest BCUT2D eigenvalue weighted by Crippen LogP contribution is 2.36. The minimum absolute atomic E-state index is 0.879. The van der Waals surface area contributed by atoms with Crippen LogP contribution in [-0.2, 0) is 12.8 Å². The van der Waals surface area contributed by atoms with Crippen molar-refractivity contribution < 1.29 is 4.79 Å². The van der Waals surface area contributed by atoms with Gasteiger partial charge in [-0.25, -0.2) is 0 Å². The quantitative estimate of drug-likeness (QED) is 0.0219. The number of unbranched alkanes of at least 4 members (excludes halogenated alkanes) is 15. The number of benzene rings is 2. The van der Waals surface area contributed by atoms with E-state index in [1.54, 1.807) is 0 Å². The van der Waals surface area contributed by atoms with Gasteiger partial charge in [0, 0.05) is 0 Å². The maximum Gasteiger partial charge on any atom is 0.303 e. The molecule has 0 unspecified atom stereocenters. The van der Waals surface area contributed by atoms with E-state index in [0.29, 0.717) is 0 Å². The van der Waals surface area contributed by atoms with Crippen LogP contribution in [0.3, 0.4) is 0 Å². The van der Waals surface area contributed by atoms with Crippen molar-refractivity contribution in [3.8, 4) is 0 Å². The molecule has 0 aliphatic heterocycles. The van der Waals surface area contributed by atoms with E-state index in [1.807, 2.05) is 0 Å². The molecule has 0 radical (unpaired) electrons. The van der Waals surface area contributed by atoms with Gasteiger partial charge in [-0.05, 0) is 104 Å². The van der Waals surface area contributed by atoms with E-state index in [2.05, 4.69) is 99.0 Å². The summed E-state index contributed by atoms with van der Waals surface area (Å²) in [6.45, 7) is 9.03. The minimum atomic E-state index is 0.879. The van der Waals surface area contributed by atoms with Gasteiger partial charge in [0.15, 0.2) is 0 Å². The average Bonchev–Trinajstić information content (AvgIpc) is 3.11. The maximum atomic E-state index is 9.68. The highest BCUT2D eigenvalue weighted by Gasteiger charge is 2.20. The maximum absolute atomic E-state index is 9.68. The fraction of sp³-hybridized carbons (Fsp3) is 0.609. The molecule has 2 aromatic rings. The Labute approximate surface area is 296 Å². The van der Waals surface area contributed by atoms with Crippen LogP contribution < -0.4 is 0 Å². The van der Waals surface area contributed by atoms with Crippen LogP contribution >= 0.6 is 0 Å². The summed E-state index contributed by atoms with van der Waals surface area (Å²) in [7, 11) is 0. The molecule has 0 amide bonds. The van der Waals surface area contributed by atoms with E-state index in [0.717, 1.165) is 69.8 Å². The Morgan fingerprint density at radius 1 is 0.583 bits per heavy atom. The molecule has 0 aromatic heterocycles. The molecule has 0 N–H and O–H groups in total. The van der Waals surface area contributed by atoms with Crippen molar-refractivity contribution in [2.45, 2.75) is 182 Å². The number of aryl methyl sites for hydroxylation is 2. The van der Waals surface area contributed by atoms with Crippen LogP contribution in [0.5, 0.6) is 0 Å². The predicted octanol–water partition coefficient (Wildman–Crippen LogP) is 14.6. The topological polar surface area (TPSA) is 36.4 Å². The molecule has 0 saturated heterocycles. The van der Waals surface area contributed by atoms with Gasteiger partial charge in [0.2, 0.25) is 0 Å². The van der Waals surface area contributed by atoms with Crippen molar-refractivity contribution in [3.05, 3.63) is 99.6 Å². The predicted molar refractivity (Wildman–Crippen MR) is 212 cm³/mol. The molecule has 264 valence electrons. The molecule has 2 aromatic carbocycles. The van der Waals surface area contributed by atoms with Crippen LogP contribution in [0.2, 0.25) is 0 Å². The molecular weight excluding hydrogens is 581 g/mol. The zero-order valence-corrected chi connectivity index (χ0v) is 31.6. The third-order valence-corrected chi connectivity index (χ3v) is 9.72. The molecule has 0 aliphatic rings. The number of nitrogens with zero attached hydrogens (tertiary/aromatic N) is 2. The molecule has 0 saturated carbocycles. The van der Waals surface area contributed by atoms with E-state index in [9.17, 15) is 5.53 Å². The first-order valence-electron chi connectivity index (χ1n) is 20.2. The Morgan fingerprint density at radius 3 is 1.77 bits per heavy atom. The van der Waals surface area contributed by atoms with Gasteiger partial charge in [-0.2, -0.15) is 0 Å². The third kappa shape index (κ3) is 17.0. The average molecular weight is 651 g/mol. The summed E-state index contributed by atoms with van der Waals surface area (Å²) in [5, 5.41) is 0. The molecule has 2 heteroatoms. The normalized spacial score (nSPS) is 11.8. The third-order valence-electron chi connectivity index (χ3n) is 9.72. The van der Waals surface area contributed by atoms with Crippen LogP contribution in [0.4, 0.5) is 0 Å². The van der Waals surface area contributed by atoms with Crippen molar-refractivity contribution >= 4 is 11.4 Å². The Morgan fingerprint density at radius 2 is 1.15 bits per heavy atom. The van der Waals surface area contributed by atoms with Gasteiger partial charge in [-0.15, -0.1) is 4.79 Å². The fourth-order valence-electron chi connectivity index (χ4n) is 6.73. The lowest BCUT2D eigenvalue weighted by molar-refractivity contribution is 0.00739. The van der Waals surface area contributed by atoms with Gasteiger partial charge in [0.05, 0.1) is 5.57 Å². The summed E-state index contributed by atoms with van der Waals surface area (Å²) in [5.41, 5.74) is 18.7. The second-order valence-electron chi connectivity index (χ2n) is 13.9. The summed E-state index contributed by atoms with van der Waals surface area (Å²) in [4.78, 5) is 3.45. The van der Waals surface area contributed by atoms with E-state index >= 15 is 0 Å². The first-order valence-corrected chi connectivity index (χ1v) is 20.2. The summed E-state index contributed by atoms with van der Waals surface area (Å²) in [6.07, 6.45) is 34.6. The van der Waals surface area contributed by atoms with Gasteiger partial charge in [-0.3, -0.25) is 0 Å². The van der Waals surface area contributed by atoms with Crippen LogP contribution in [0, 0.1) is 0 Å². The smallest absolute Gasteiger partial charge is 0.303 e. The van der Waals surface area contributed by atoms with Crippen LogP contribution in [0.25, 0.3) is 11.1 Å². The van der Waals surface area contributed by atoms with E-state index in [-0.39, 0.29) is 0 Å². The molecule has 0 aliphatic carbocycles. The molecule has 2 rings (SSSR count). The lowest BCUT2D eigenvalue weighted by Crippen LogP contribution is -2.04. The van der Waals surface area contributed by atoms with Crippen molar-refractivity contribution in [2.24, 2.45) is 0 Å². The van der Waals surface area contributed by atoms with Crippen LogP contribution in [0.1, 0.15) is 191 Å². The summed E-state index contributed by atoms with van der Waals surface area (Å²) in [6, 6.07) is 18.3. The van der Waals surface area contributed by atoms with Crippen molar-refractivity contribution in [1.29, 1.82) is 0 Å². The number of hydrogen-bond acceptors (Lipinski definition) is 0. The number of hydrogen-bond donors (Lipinski definition) is 0. The highest BCUT2D eigenvalue weighted by atomic mass is 14.8. The van der Waals surface area contributed by atoms with E-state index < -0.39 is 0 Å². The molecule has 2 nitrogen and oxygen atoms in total. The Balaban J connectivity index is 2.14. The molecule has 0 spiro atoms. The molecule has 48 heavy (non-hydrogen) atoms. The second-order valence-corrected chi connectivity index (χ2v) is 13.9. The molecule has 0 bridgehead atoms. The SMILES string of the molecule is CCCCCCCCCCCCCC=CCCCc1ccccc1C(=C(CCCC)C(=C=[N+]=[N-])CCCC)c1ccc(CCCC)cc1. The molecule has 0 atom stereocenters. The first kappa shape index (κ1) is 41.3. The zero-order chi connectivity index (χ0) is 34.5. The second kappa shape index (κ2) is 28.0. The standard InChI is InChI=1S/C46H70N2/c1-5-9-13-14-15-16-17-18-19-20-21-22-23-24-25-26-31-41-32-27-28-34-44(41)46(42-37-35-40(36-38-42)29-10-6-2)45(33-12-8-4)43(39-48-47)30-11-7-3/h23-24,27-28,32,34-38H,5-22,25-26,29-31,33H2,1-4H3. The van der Waals surface area contributed by atoms with Gasteiger partial charge in [-0.1, -0.05) is 172 Å². The van der Waals surface area contributed by atoms with Crippen molar-refractivity contribution in [3.63, 3.8) is 0 Å². The Hall–Kier alpha value is -2.92.